The molecule has 0 aliphatic carbocycles. The molecule has 0 saturated carbocycles. The summed E-state index contributed by atoms with van der Waals surface area (Å²) in [4.78, 5) is 37.6. The molecule has 0 N–H and O–H groups in total. The highest BCUT2D eigenvalue weighted by atomic mass is 16.7. The number of quaternary nitrogens is 1. The lowest BCUT2D eigenvalue weighted by Gasteiger charge is -2.26. The molecule has 2 atom stereocenters. The molecule has 0 rings (SSSR count). The summed E-state index contributed by atoms with van der Waals surface area (Å²) in [6.45, 7) is 4.70. The van der Waals surface area contributed by atoms with Crippen molar-refractivity contribution in [3.63, 3.8) is 0 Å². The van der Waals surface area contributed by atoms with Gasteiger partial charge in [0.25, 0.3) is 0 Å². The Hall–Kier alpha value is -3.01. The first-order valence-electron chi connectivity index (χ1n) is 39.4. The van der Waals surface area contributed by atoms with Gasteiger partial charge in [0.15, 0.2) is 12.4 Å². The van der Waals surface area contributed by atoms with Crippen molar-refractivity contribution >= 4 is 17.9 Å². The average molecular weight is 1280 g/mol. The van der Waals surface area contributed by atoms with Crippen molar-refractivity contribution < 1.29 is 42.9 Å². The maximum absolute atomic E-state index is 13.0. The Labute approximate surface area is 565 Å². The van der Waals surface area contributed by atoms with Gasteiger partial charge in [-0.3, -0.25) is 9.59 Å². The predicted molar refractivity (Wildman–Crippen MR) is 389 cm³/mol. The van der Waals surface area contributed by atoms with Crippen LogP contribution in [0.15, 0.2) is 60.8 Å². The molecule has 0 aliphatic rings. The third kappa shape index (κ3) is 74.3. The molecule has 9 nitrogen and oxygen atoms in total. The summed E-state index contributed by atoms with van der Waals surface area (Å²) in [7, 11) is 5.95. The van der Waals surface area contributed by atoms with Gasteiger partial charge in [0.1, 0.15) is 13.2 Å². The van der Waals surface area contributed by atoms with Crippen LogP contribution >= 0.6 is 0 Å². The van der Waals surface area contributed by atoms with Crippen molar-refractivity contribution in [3.8, 4) is 0 Å². The number of carboxylic acids is 1. The first-order chi connectivity index (χ1) is 44.6. The number of esters is 2. The van der Waals surface area contributed by atoms with Crippen molar-refractivity contribution in [1.82, 2.24) is 0 Å². The molecule has 0 aromatic carbocycles. The van der Waals surface area contributed by atoms with E-state index in [-0.39, 0.29) is 32.2 Å². The number of likely N-dealkylation sites (N-methyl/N-ethyl adjacent to an activating group) is 1. The zero-order chi connectivity index (χ0) is 66.1. The van der Waals surface area contributed by atoms with Gasteiger partial charge in [-0.2, -0.15) is 0 Å². The normalized spacial score (nSPS) is 12.9. The topological polar surface area (TPSA) is 111 Å². The Morgan fingerprint density at radius 2 is 0.626 bits per heavy atom. The highest BCUT2D eigenvalue weighted by Crippen LogP contribution is 2.19. The Morgan fingerprint density at radius 1 is 0.341 bits per heavy atom. The molecule has 9 heteroatoms. The number of hydrogen-bond acceptors (Lipinski definition) is 8. The van der Waals surface area contributed by atoms with Crippen LogP contribution in [-0.2, 0) is 33.3 Å². The third-order valence-electron chi connectivity index (χ3n) is 17.7. The van der Waals surface area contributed by atoms with Crippen molar-refractivity contribution in [2.45, 2.75) is 399 Å². The largest absolute Gasteiger partial charge is 0.545 e. The fourth-order valence-electron chi connectivity index (χ4n) is 11.8. The predicted octanol–water partition coefficient (Wildman–Crippen LogP) is 23.7. The molecule has 0 heterocycles. The number of hydrogen-bond donors (Lipinski definition) is 0. The van der Waals surface area contributed by atoms with Crippen LogP contribution < -0.4 is 5.11 Å². The van der Waals surface area contributed by atoms with Crippen molar-refractivity contribution in [3.05, 3.63) is 60.8 Å². The summed E-state index contributed by atoms with van der Waals surface area (Å²) in [6.07, 6.45) is 93.4. The van der Waals surface area contributed by atoms with E-state index in [4.69, 9.17) is 18.9 Å². The van der Waals surface area contributed by atoms with Crippen LogP contribution in [0.4, 0.5) is 0 Å². The van der Waals surface area contributed by atoms with Crippen molar-refractivity contribution in [2.24, 2.45) is 0 Å². The molecule has 2 unspecified atom stereocenters. The van der Waals surface area contributed by atoms with Gasteiger partial charge >= 0.3 is 11.9 Å². The highest BCUT2D eigenvalue weighted by Gasteiger charge is 2.22. The van der Waals surface area contributed by atoms with Crippen LogP contribution in [0.2, 0.25) is 0 Å². The number of carbonyl (C=O) groups excluding carboxylic acids is 3. The van der Waals surface area contributed by atoms with Crippen molar-refractivity contribution in [2.75, 3.05) is 47.5 Å². The Balaban J connectivity index is 3.99. The molecule has 0 aromatic heterocycles. The molecule has 532 valence electrons. The number of rotatable bonds is 74. The second-order valence-electron chi connectivity index (χ2n) is 28.0. The Bertz CT molecular complexity index is 1680. The summed E-state index contributed by atoms with van der Waals surface area (Å²) in [6, 6.07) is 0. The zero-order valence-corrected chi connectivity index (χ0v) is 61.0. The number of nitrogens with zero attached hydrogens (tertiary/aromatic N) is 1. The highest BCUT2D eigenvalue weighted by molar-refractivity contribution is 5.70. The molecule has 91 heavy (non-hydrogen) atoms. The smallest absolute Gasteiger partial charge is 0.306 e. The lowest BCUT2D eigenvalue weighted by molar-refractivity contribution is -0.870. The SMILES string of the molecule is CC/C=C\C/C=C\C/C=C\C/C=C\CCCCCCCCCCCCCCCCCCCCCCC(=O)OC(COC(=O)CCCCCCCCCCCCCCCCCCCCCCC/C=C\CCCCCCCCCC)COC(OCC[N+](C)(C)C)C(=O)[O-]. The van der Waals surface area contributed by atoms with Gasteiger partial charge in [-0.05, 0) is 77.0 Å². The second-order valence-corrected chi connectivity index (χ2v) is 28.0. The molecule has 0 fully saturated rings. The van der Waals surface area contributed by atoms with Crippen LogP contribution in [0.1, 0.15) is 386 Å². The van der Waals surface area contributed by atoms with E-state index in [1.807, 2.05) is 21.1 Å². The lowest BCUT2D eigenvalue weighted by atomic mass is 10.0. The van der Waals surface area contributed by atoms with Gasteiger partial charge in [0.05, 0.1) is 40.3 Å². The molecular formula is C82H151NO8. The molecule has 0 radical (unpaired) electrons. The quantitative estimate of drug-likeness (QED) is 0.0195. The molecule has 0 amide bonds. The van der Waals surface area contributed by atoms with Crippen LogP contribution in [0.25, 0.3) is 0 Å². The summed E-state index contributed by atoms with van der Waals surface area (Å²) >= 11 is 0. The minimum Gasteiger partial charge on any atom is -0.545 e. The van der Waals surface area contributed by atoms with Crippen LogP contribution in [0.5, 0.6) is 0 Å². The van der Waals surface area contributed by atoms with E-state index in [1.54, 1.807) is 0 Å². The summed E-state index contributed by atoms with van der Waals surface area (Å²) in [5.74, 6) is -2.25. The van der Waals surface area contributed by atoms with Gasteiger partial charge < -0.3 is 33.3 Å². The van der Waals surface area contributed by atoms with Gasteiger partial charge in [-0.1, -0.05) is 357 Å². The van der Waals surface area contributed by atoms with E-state index in [0.29, 0.717) is 23.9 Å². The van der Waals surface area contributed by atoms with Gasteiger partial charge in [0.2, 0.25) is 0 Å². The van der Waals surface area contributed by atoms with E-state index < -0.39 is 24.3 Å². The second kappa shape index (κ2) is 72.8. The summed E-state index contributed by atoms with van der Waals surface area (Å²) in [5, 5.41) is 11.9. The zero-order valence-electron chi connectivity index (χ0n) is 61.0. The standard InChI is InChI=1S/C82H151NO8/c1-6-8-10-12-14-16-18-20-22-24-26-28-30-32-34-36-38-40-42-44-46-48-50-52-54-56-58-60-62-64-66-68-70-72-79(84)89-76-78(77-90-82(81(86)87)88-75-74-83(3,4)5)91-80(85)73-71-69-67-65-63-61-59-57-55-53-51-49-47-45-43-41-39-37-35-33-31-29-27-25-23-21-19-17-15-13-11-9-7-2/h9,11,15,17,21,23-24,26-27,29,78,82H,6-8,10,12-14,16,18-20,22,25,28,30-77H2,1-5H3/b11-9-,17-15-,23-21-,26-24-,29-27-. The maximum Gasteiger partial charge on any atom is 0.306 e. The molecule has 0 aromatic rings. The summed E-state index contributed by atoms with van der Waals surface area (Å²) < 4.78 is 22.9. The monoisotopic (exact) mass is 1280 g/mol. The van der Waals surface area contributed by atoms with E-state index in [0.717, 1.165) is 57.8 Å². The number of carboxylic acid groups (broad SMARTS) is 1. The number of unbranched alkanes of at least 4 members (excludes halogenated alkanes) is 49. The van der Waals surface area contributed by atoms with Gasteiger partial charge in [-0.15, -0.1) is 0 Å². The van der Waals surface area contributed by atoms with E-state index >= 15 is 0 Å². The van der Waals surface area contributed by atoms with E-state index in [1.165, 1.54) is 295 Å². The number of allylic oxidation sites excluding steroid dienone is 10. The molecular weight excluding hydrogens is 1130 g/mol. The van der Waals surface area contributed by atoms with Crippen LogP contribution in [-0.4, -0.2) is 82.3 Å². The van der Waals surface area contributed by atoms with E-state index in [9.17, 15) is 19.5 Å². The number of aliphatic carboxylic acids is 1. The Morgan fingerprint density at radius 3 is 0.945 bits per heavy atom. The van der Waals surface area contributed by atoms with E-state index in [2.05, 4.69) is 74.6 Å². The minimum atomic E-state index is -1.62. The maximum atomic E-state index is 13.0. The lowest BCUT2D eigenvalue weighted by Crippen LogP contribution is -2.44. The average Bonchev–Trinajstić information content (AvgIpc) is 3.46. The fourth-order valence-corrected chi connectivity index (χ4v) is 11.8. The molecule has 0 saturated heterocycles. The van der Waals surface area contributed by atoms with Crippen LogP contribution in [0, 0.1) is 0 Å². The fraction of sp³-hybridized carbons (Fsp3) is 0.841. The van der Waals surface area contributed by atoms with Crippen LogP contribution in [0.3, 0.4) is 0 Å². The first-order valence-corrected chi connectivity index (χ1v) is 39.4. The minimum absolute atomic E-state index is 0.150. The molecule has 0 bridgehead atoms. The molecule has 0 aliphatic heterocycles. The van der Waals surface area contributed by atoms with Gasteiger partial charge in [-0.25, -0.2) is 0 Å². The third-order valence-corrected chi connectivity index (χ3v) is 17.7. The van der Waals surface area contributed by atoms with Gasteiger partial charge in [0, 0.05) is 12.8 Å². The first kappa shape index (κ1) is 88.0. The molecule has 0 spiro atoms. The Kier molecular flexibility index (Phi) is 70.4. The van der Waals surface area contributed by atoms with Crippen molar-refractivity contribution in [1.29, 1.82) is 0 Å². The summed E-state index contributed by atoms with van der Waals surface area (Å²) in [5.41, 5.74) is 0. The number of ether oxygens (including phenoxy) is 4. The number of carbonyl (C=O) groups is 3.